The summed E-state index contributed by atoms with van der Waals surface area (Å²) >= 11 is -0.283. The van der Waals surface area contributed by atoms with Crippen molar-refractivity contribution in [3.63, 3.8) is 0 Å². The molecular formula is C13H22I2N4O4. The highest BCUT2D eigenvalue weighted by Crippen LogP contribution is 2.22. The van der Waals surface area contributed by atoms with Crippen LogP contribution in [0.4, 0.5) is 4.79 Å². The fraction of sp³-hybridized carbons (Fsp3) is 0.769. The lowest BCUT2D eigenvalue weighted by Gasteiger charge is -2.38. The number of nitrogens with one attached hydrogen (secondary N) is 2. The van der Waals surface area contributed by atoms with Gasteiger partial charge in [0.05, 0.1) is 52.4 Å². The highest BCUT2D eigenvalue weighted by Gasteiger charge is 2.35. The van der Waals surface area contributed by atoms with E-state index in [2.05, 4.69) is 12.1 Å². The van der Waals surface area contributed by atoms with Crippen molar-refractivity contribution in [2.45, 2.75) is 44.9 Å². The second-order valence-corrected chi connectivity index (χ2v) is 13.2. The summed E-state index contributed by atoms with van der Waals surface area (Å²) in [5.74, 6) is 0.301. The van der Waals surface area contributed by atoms with Gasteiger partial charge in [0, 0.05) is 13.7 Å². The number of ether oxygens (including phenoxy) is 2. The molecule has 8 nitrogen and oxygen atoms in total. The van der Waals surface area contributed by atoms with Gasteiger partial charge in [0.2, 0.25) is 5.84 Å². The zero-order valence-corrected chi connectivity index (χ0v) is 17.9. The van der Waals surface area contributed by atoms with Crippen LogP contribution in [0.2, 0.25) is 0 Å². The van der Waals surface area contributed by atoms with Crippen LogP contribution >= 0.6 is 33.7 Å². The molecule has 2 rings (SSSR count). The van der Waals surface area contributed by atoms with Crippen molar-refractivity contribution in [1.29, 1.82) is 0 Å². The van der Waals surface area contributed by atoms with Crippen molar-refractivity contribution in [3.05, 3.63) is 0 Å². The van der Waals surface area contributed by atoms with Crippen LogP contribution in [-0.4, -0.2) is 60.7 Å². The first-order valence-electron chi connectivity index (χ1n) is 7.23. The van der Waals surface area contributed by atoms with E-state index < -0.39 is 5.60 Å². The Kier molecular flexibility index (Phi) is 6.71. The average molecular weight is 552 g/mol. The lowest BCUT2D eigenvalue weighted by atomic mass is 10.0. The first-order chi connectivity index (χ1) is 10.8. The molecule has 0 aromatic carbocycles. The quantitative estimate of drug-likeness (QED) is 0.412. The van der Waals surface area contributed by atoms with Crippen molar-refractivity contribution in [1.82, 2.24) is 13.7 Å². The van der Waals surface area contributed by atoms with Gasteiger partial charge in [-0.05, 0) is 27.2 Å². The van der Waals surface area contributed by atoms with Gasteiger partial charge >= 0.3 is 6.09 Å². The number of carbonyl (C=O) groups is 2. The predicted molar refractivity (Wildman–Crippen MR) is 104 cm³/mol. The van der Waals surface area contributed by atoms with Crippen LogP contribution in [0.15, 0.2) is 3.21 Å². The normalized spacial score (nSPS) is 24.7. The molecule has 2 aliphatic heterocycles. The largest absolute Gasteiger partial charge is 0.444 e. The fourth-order valence-corrected chi connectivity index (χ4v) is 7.71. The van der Waals surface area contributed by atoms with E-state index in [4.69, 9.17) is 9.47 Å². The molecule has 0 bridgehead atoms. The number of hydrogen-bond acceptors (Lipinski definition) is 6. The number of likely N-dealkylation sites (tertiary alicyclic amines) is 1. The number of hydrogen-bond donors (Lipinski definition) is 2. The van der Waals surface area contributed by atoms with Gasteiger partial charge < -0.3 is 23.2 Å². The lowest BCUT2D eigenvalue weighted by Crippen LogP contribution is -2.57. The Hall–Kier alpha value is -0.370. The van der Waals surface area contributed by atoms with E-state index in [0.717, 1.165) is 0 Å². The molecule has 0 aliphatic carbocycles. The second kappa shape index (κ2) is 8.14. The van der Waals surface area contributed by atoms with Crippen molar-refractivity contribution in [2.24, 2.45) is 3.21 Å². The fourth-order valence-electron chi connectivity index (χ4n) is 2.24. The Bertz CT molecular complexity index is 533. The van der Waals surface area contributed by atoms with E-state index in [1.54, 1.807) is 12.0 Å². The molecule has 1 saturated heterocycles. The van der Waals surface area contributed by atoms with Crippen LogP contribution in [0.5, 0.6) is 0 Å². The zero-order valence-electron chi connectivity index (χ0n) is 13.6. The van der Waals surface area contributed by atoms with E-state index in [1.807, 2.05) is 20.8 Å². The van der Waals surface area contributed by atoms with Crippen LogP contribution < -0.4 is 8.85 Å². The monoisotopic (exact) mass is 552 g/mol. The molecule has 132 valence electrons. The van der Waals surface area contributed by atoms with E-state index in [-0.39, 0.29) is 57.9 Å². The van der Waals surface area contributed by atoms with Crippen molar-refractivity contribution >= 4 is 51.6 Å². The molecule has 10 heteroatoms. The third-order valence-corrected chi connectivity index (χ3v) is 8.69. The van der Waals surface area contributed by atoms with E-state index >= 15 is 0 Å². The minimum Gasteiger partial charge on any atom is -0.444 e. The smallest absolute Gasteiger partial charge is 0.410 e. The van der Waals surface area contributed by atoms with Crippen LogP contribution in [-0.2, 0) is 14.3 Å². The zero-order chi connectivity index (χ0) is 17.0. The molecule has 0 aromatic rings. The van der Waals surface area contributed by atoms with Gasteiger partial charge in [-0.25, -0.2) is 4.79 Å². The Labute approximate surface area is 152 Å². The molecule has 1 fully saturated rings. The van der Waals surface area contributed by atoms with Gasteiger partial charge in [0.15, 0.2) is 0 Å². The van der Waals surface area contributed by atoms with Crippen LogP contribution in [0.25, 0.3) is 0 Å². The first kappa shape index (κ1) is 19.0. The molecule has 2 aliphatic rings. The Balaban J connectivity index is 1.91. The van der Waals surface area contributed by atoms with Crippen molar-refractivity contribution in [3.8, 4) is 0 Å². The molecule has 2 N–H and O–H groups in total. The Morgan fingerprint density at radius 2 is 2.17 bits per heavy atom. The number of nitrogens with zero attached hydrogens (tertiary/aromatic N) is 2. The summed E-state index contributed by atoms with van der Waals surface area (Å²) in [7, 11) is 1.59. The highest BCUT2D eigenvalue weighted by atomic mass is 128. The highest BCUT2D eigenvalue weighted by molar-refractivity contribution is 14.8. The molecule has 0 saturated carbocycles. The molecule has 0 radical (unpaired) electrons. The van der Waals surface area contributed by atoms with Gasteiger partial charge in [0.1, 0.15) is 5.60 Å². The first-order valence-corrected chi connectivity index (χ1v) is 15.6. The van der Waals surface area contributed by atoms with Crippen LogP contribution in [0.3, 0.4) is 0 Å². The topological polar surface area (TPSA) is 92.3 Å². The number of amides is 2. The second-order valence-electron chi connectivity index (χ2n) is 6.23. The summed E-state index contributed by atoms with van der Waals surface area (Å²) in [6.45, 7) is 6.44. The average Bonchev–Trinajstić information content (AvgIpc) is 3.00. The number of methoxy groups -OCH3 is 1. The minimum absolute atomic E-state index is 0.107. The molecule has 2 amide bonds. The predicted octanol–water partition coefficient (Wildman–Crippen LogP) is 1.82. The molecule has 2 unspecified atom stereocenters. The Morgan fingerprint density at radius 1 is 1.43 bits per heavy atom. The van der Waals surface area contributed by atoms with Gasteiger partial charge in [-0.3, -0.25) is 4.79 Å². The van der Waals surface area contributed by atoms with Gasteiger partial charge in [0.25, 0.3) is 5.91 Å². The summed E-state index contributed by atoms with van der Waals surface area (Å²) < 4.78 is 18.2. The van der Waals surface area contributed by atoms with Gasteiger partial charge in [-0.1, -0.05) is 0 Å². The van der Waals surface area contributed by atoms with Crippen LogP contribution in [0.1, 0.15) is 27.2 Å². The minimum atomic E-state index is -0.525. The SMILES string of the molecule is COC1CN(C(=O)OC(C)(C)C)CCC1NC(=O)C1=NI=IN1. The van der Waals surface area contributed by atoms with E-state index in [1.165, 1.54) is 0 Å². The number of halogens is 2. The molecule has 0 spiro atoms. The van der Waals surface area contributed by atoms with Crippen molar-refractivity contribution in [2.75, 3.05) is 20.2 Å². The molecule has 2 atom stereocenters. The summed E-state index contributed by atoms with van der Waals surface area (Å²) in [6.07, 6.45) is 0.0215. The molecule has 0 aromatic heterocycles. The summed E-state index contributed by atoms with van der Waals surface area (Å²) in [5.41, 5.74) is -0.525. The van der Waals surface area contributed by atoms with E-state index in [9.17, 15) is 9.59 Å². The maximum absolute atomic E-state index is 12.2. The lowest BCUT2D eigenvalue weighted by molar-refractivity contribution is -0.117. The van der Waals surface area contributed by atoms with Gasteiger partial charge in [-0.2, -0.15) is 3.21 Å². The number of carbonyl (C=O) groups excluding carboxylic acids is 2. The third kappa shape index (κ3) is 5.59. The third-order valence-electron chi connectivity index (χ3n) is 3.32. The number of amidine groups is 1. The molecular weight excluding hydrogens is 530 g/mol. The van der Waals surface area contributed by atoms with Gasteiger partial charge in [-0.15, -0.1) is 0 Å². The Morgan fingerprint density at radius 3 is 2.74 bits per heavy atom. The molecule has 23 heavy (non-hydrogen) atoms. The van der Waals surface area contributed by atoms with Crippen LogP contribution in [0, 0.1) is 0 Å². The maximum atomic E-state index is 12.2. The number of rotatable bonds is 3. The molecule has 2 heterocycles. The summed E-state index contributed by atoms with van der Waals surface area (Å²) in [6, 6.07) is -0.132. The standard InChI is InChI=1S/C13H22I2N4O4/c1-13(2,3)23-12(21)19-6-5-8(9(7-19)22-4)16-11(20)10-17-14-15-18-10/h8-9H,5-7H2,1-4H3,(H,16,20)(H,17,18). The van der Waals surface area contributed by atoms with E-state index in [0.29, 0.717) is 25.3 Å². The van der Waals surface area contributed by atoms with Crippen molar-refractivity contribution < 1.29 is 19.1 Å². The number of piperidine rings is 1. The maximum Gasteiger partial charge on any atom is 0.410 e. The summed E-state index contributed by atoms with van der Waals surface area (Å²) in [5, 5.41) is 2.97. The summed E-state index contributed by atoms with van der Waals surface area (Å²) in [4.78, 5) is 25.9.